The van der Waals surface area contributed by atoms with Crippen LogP contribution in [-0.4, -0.2) is 45.2 Å². The molecular weight excluding hydrogens is 384 g/mol. The molecule has 0 spiro atoms. The highest BCUT2D eigenvalue weighted by atomic mass is 32.2. The summed E-state index contributed by atoms with van der Waals surface area (Å²) >= 11 is 1.74. The molecule has 2 amide bonds. The number of thioether (sulfide) groups is 1. The number of imidazole rings is 1. The summed E-state index contributed by atoms with van der Waals surface area (Å²) in [6.45, 7) is 0.983. The maximum atomic E-state index is 12.6. The molecule has 0 bridgehead atoms. The number of carbonyl (C=O) groups excluding carboxylic acids is 2. The van der Waals surface area contributed by atoms with Crippen LogP contribution >= 0.6 is 11.8 Å². The quantitative estimate of drug-likeness (QED) is 0.598. The molecule has 2 N–H and O–H groups in total. The molecule has 7 heteroatoms. The summed E-state index contributed by atoms with van der Waals surface area (Å²) in [7, 11) is 0. The van der Waals surface area contributed by atoms with E-state index < -0.39 is 0 Å². The SMILES string of the molecule is CSCCC(NC(=O)CCN1Cc2ccccc2C1=O)c1nc2ccccc2[nH]1. The molecule has 0 fully saturated rings. The molecule has 1 aliphatic heterocycles. The molecule has 2 heterocycles. The van der Waals surface area contributed by atoms with Gasteiger partial charge in [-0.05, 0) is 42.2 Å². The Balaban J connectivity index is 1.39. The topological polar surface area (TPSA) is 78.1 Å². The van der Waals surface area contributed by atoms with Gasteiger partial charge in [0.25, 0.3) is 5.91 Å². The average molecular weight is 409 g/mol. The Morgan fingerprint density at radius 1 is 1.24 bits per heavy atom. The van der Waals surface area contributed by atoms with Crippen LogP contribution in [0.25, 0.3) is 11.0 Å². The monoisotopic (exact) mass is 408 g/mol. The second-order valence-corrected chi connectivity index (χ2v) is 8.16. The summed E-state index contributed by atoms with van der Waals surface area (Å²) in [6, 6.07) is 15.3. The summed E-state index contributed by atoms with van der Waals surface area (Å²) in [5.41, 5.74) is 3.63. The highest BCUT2D eigenvalue weighted by Crippen LogP contribution is 2.23. The lowest BCUT2D eigenvalue weighted by molar-refractivity contribution is -0.122. The number of H-pyrrole nitrogens is 1. The Hall–Kier alpha value is -2.80. The van der Waals surface area contributed by atoms with E-state index in [2.05, 4.69) is 15.3 Å². The van der Waals surface area contributed by atoms with E-state index in [4.69, 9.17) is 0 Å². The minimum atomic E-state index is -0.172. The first-order valence-electron chi connectivity index (χ1n) is 9.76. The highest BCUT2D eigenvalue weighted by Gasteiger charge is 2.27. The maximum Gasteiger partial charge on any atom is 0.254 e. The zero-order chi connectivity index (χ0) is 20.2. The minimum Gasteiger partial charge on any atom is -0.346 e. The standard InChI is InChI=1S/C22H24N4O2S/c1-29-13-11-19(21-24-17-8-4-5-9-18(17)25-21)23-20(27)10-12-26-14-15-6-2-3-7-16(15)22(26)28/h2-9,19H,10-14H2,1H3,(H,23,27)(H,24,25). The number of fused-ring (bicyclic) bond motifs is 2. The molecule has 0 aliphatic carbocycles. The number of para-hydroxylation sites is 2. The highest BCUT2D eigenvalue weighted by molar-refractivity contribution is 7.98. The summed E-state index contributed by atoms with van der Waals surface area (Å²) in [5, 5.41) is 3.11. The van der Waals surface area contributed by atoms with Gasteiger partial charge in [0, 0.05) is 25.1 Å². The van der Waals surface area contributed by atoms with E-state index in [-0.39, 0.29) is 24.3 Å². The molecule has 4 rings (SSSR count). The third-order valence-electron chi connectivity index (χ3n) is 5.19. The van der Waals surface area contributed by atoms with Crippen LogP contribution in [0.2, 0.25) is 0 Å². The maximum absolute atomic E-state index is 12.6. The largest absolute Gasteiger partial charge is 0.346 e. The van der Waals surface area contributed by atoms with E-state index in [0.717, 1.165) is 40.2 Å². The fourth-order valence-electron chi connectivity index (χ4n) is 3.65. The van der Waals surface area contributed by atoms with Gasteiger partial charge < -0.3 is 15.2 Å². The number of aromatic nitrogens is 2. The number of nitrogens with one attached hydrogen (secondary N) is 2. The van der Waals surface area contributed by atoms with Crippen LogP contribution in [0.1, 0.15) is 40.6 Å². The Bertz CT molecular complexity index is 999. The lowest BCUT2D eigenvalue weighted by atomic mass is 10.1. The summed E-state index contributed by atoms with van der Waals surface area (Å²) in [5.74, 6) is 1.63. The number of benzene rings is 2. The molecular formula is C22H24N4O2S. The molecule has 1 unspecified atom stereocenters. The zero-order valence-corrected chi connectivity index (χ0v) is 17.2. The summed E-state index contributed by atoms with van der Waals surface area (Å²) in [4.78, 5) is 34.8. The number of hydrogen-bond acceptors (Lipinski definition) is 4. The first kappa shape index (κ1) is 19.5. The first-order valence-corrected chi connectivity index (χ1v) is 11.1. The lowest BCUT2D eigenvalue weighted by Crippen LogP contribution is -2.34. The van der Waals surface area contributed by atoms with E-state index >= 15 is 0 Å². The van der Waals surface area contributed by atoms with Crippen molar-refractivity contribution in [3.8, 4) is 0 Å². The van der Waals surface area contributed by atoms with Crippen molar-refractivity contribution in [2.75, 3.05) is 18.6 Å². The van der Waals surface area contributed by atoms with E-state index in [1.165, 1.54) is 0 Å². The molecule has 0 saturated carbocycles. The minimum absolute atomic E-state index is 0.00428. The number of nitrogens with zero attached hydrogens (tertiary/aromatic N) is 2. The molecule has 0 saturated heterocycles. The Morgan fingerprint density at radius 2 is 2.03 bits per heavy atom. The van der Waals surface area contributed by atoms with Gasteiger partial charge in [0.05, 0.1) is 17.1 Å². The fraction of sp³-hybridized carbons (Fsp3) is 0.318. The lowest BCUT2D eigenvalue weighted by Gasteiger charge is -2.19. The van der Waals surface area contributed by atoms with Crippen LogP contribution in [-0.2, 0) is 11.3 Å². The van der Waals surface area contributed by atoms with Gasteiger partial charge in [-0.3, -0.25) is 9.59 Å². The second kappa shape index (κ2) is 8.69. The van der Waals surface area contributed by atoms with Gasteiger partial charge in [-0.2, -0.15) is 11.8 Å². The molecule has 3 aromatic rings. The third kappa shape index (κ3) is 4.29. The van der Waals surface area contributed by atoms with Crippen LogP contribution < -0.4 is 5.32 Å². The third-order valence-corrected chi connectivity index (χ3v) is 5.83. The Morgan fingerprint density at radius 3 is 2.83 bits per heavy atom. The predicted molar refractivity (Wildman–Crippen MR) is 116 cm³/mol. The smallest absolute Gasteiger partial charge is 0.254 e. The molecule has 2 aromatic carbocycles. The number of hydrogen-bond donors (Lipinski definition) is 2. The number of carbonyl (C=O) groups is 2. The molecule has 0 radical (unpaired) electrons. The van der Waals surface area contributed by atoms with Gasteiger partial charge in [-0.25, -0.2) is 4.98 Å². The summed E-state index contributed by atoms with van der Waals surface area (Å²) < 4.78 is 0. The van der Waals surface area contributed by atoms with Crippen LogP contribution in [0.15, 0.2) is 48.5 Å². The predicted octanol–water partition coefficient (Wildman–Crippen LogP) is 3.52. The van der Waals surface area contributed by atoms with Gasteiger partial charge >= 0.3 is 0 Å². The molecule has 1 aliphatic rings. The van der Waals surface area contributed by atoms with Gasteiger partial charge in [0.2, 0.25) is 5.91 Å². The van der Waals surface area contributed by atoms with Crippen LogP contribution in [0.3, 0.4) is 0 Å². The van der Waals surface area contributed by atoms with Gasteiger partial charge in [0.15, 0.2) is 0 Å². The zero-order valence-electron chi connectivity index (χ0n) is 16.4. The van der Waals surface area contributed by atoms with Gasteiger partial charge in [0.1, 0.15) is 5.82 Å². The van der Waals surface area contributed by atoms with E-state index in [9.17, 15) is 9.59 Å². The molecule has 1 aromatic heterocycles. The van der Waals surface area contributed by atoms with Crippen molar-refractivity contribution in [3.05, 3.63) is 65.5 Å². The van der Waals surface area contributed by atoms with Crippen molar-refractivity contribution >= 4 is 34.6 Å². The van der Waals surface area contributed by atoms with Crippen molar-refractivity contribution in [1.82, 2.24) is 20.2 Å². The van der Waals surface area contributed by atoms with Gasteiger partial charge in [-0.1, -0.05) is 30.3 Å². The molecule has 150 valence electrons. The Kier molecular flexibility index (Phi) is 5.85. The molecule has 29 heavy (non-hydrogen) atoms. The van der Waals surface area contributed by atoms with Crippen molar-refractivity contribution in [2.45, 2.75) is 25.4 Å². The number of rotatable bonds is 8. The van der Waals surface area contributed by atoms with Crippen LogP contribution in [0.5, 0.6) is 0 Å². The van der Waals surface area contributed by atoms with Crippen molar-refractivity contribution < 1.29 is 9.59 Å². The number of aromatic amines is 1. The van der Waals surface area contributed by atoms with Crippen LogP contribution in [0.4, 0.5) is 0 Å². The van der Waals surface area contributed by atoms with Crippen molar-refractivity contribution in [2.24, 2.45) is 0 Å². The van der Waals surface area contributed by atoms with Crippen molar-refractivity contribution in [1.29, 1.82) is 0 Å². The van der Waals surface area contributed by atoms with Crippen LogP contribution in [0, 0.1) is 0 Å². The normalized spacial score (nSPS) is 14.2. The fourth-order valence-corrected chi connectivity index (χ4v) is 4.12. The summed E-state index contributed by atoms with van der Waals surface area (Å²) in [6.07, 6.45) is 3.12. The van der Waals surface area contributed by atoms with Crippen molar-refractivity contribution in [3.63, 3.8) is 0 Å². The Labute approximate surface area is 174 Å². The second-order valence-electron chi connectivity index (χ2n) is 7.17. The van der Waals surface area contributed by atoms with Gasteiger partial charge in [-0.15, -0.1) is 0 Å². The molecule has 6 nitrogen and oxygen atoms in total. The average Bonchev–Trinajstić information content (AvgIpc) is 3.31. The van der Waals surface area contributed by atoms with E-state index in [0.29, 0.717) is 13.1 Å². The first-order chi connectivity index (χ1) is 14.2. The molecule has 1 atom stereocenters. The number of amides is 2. The van der Waals surface area contributed by atoms with E-state index in [1.807, 2.05) is 54.8 Å². The van der Waals surface area contributed by atoms with E-state index in [1.54, 1.807) is 16.7 Å².